The van der Waals surface area contributed by atoms with Gasteiger partial charge in [0.1, 0.15) is 5.75 Å². The van der Waals surface area contributed by atoms with Gasteiger partial charge >= 0.3 is 0 Å². The van der Waals surface area contributed by atoms with Gasteiger partial charge in [-0.3, -0.25) is 9.59 Å². The molecule has 3 aromatic carbocycles. The van der Waals surface area contributed by atoms with Crippen LogP contribution in [0.2, 0.25) is 0 Å². The van der Waals surface area contributed by atoms with Gasteiger partial charge in [0.25, 0.3) is 0 Å². The number of phenolic OH excluding ortho intramolecular Hbond substituents is 1. The maximum absolute atomic E-state index is 13.3. The smallest absolute Gasteiger partial charge is 0.234 e. The number of Topliss-reactive ketones (excluding diaryl/α,β-unsaturated/α-hetero) is 2. The van der Waals surface area contributed by atoms with E-state index in [4.69, 9.17) is 0 Å². The molecule has 0 bridgehead atoms. The summed E-state index contributed by atoms with van der Waals surface area (Å²) in [5, 5.41) is 11.1. The topological polar surface area (TPSA) is 54.4 Å². The number of hydrogen-bond acceptors (Lipinski definition) is 3. The fourth-order valence-corrected chi connectivity index (χ4v) is 4.97. The Hall–Kier alpha value is -3.20. The first-order valence-electron chi connectivity index (χ1n) is 12.7. The van der Waals surface area contributed by atoms with Gasteiger partial charge in [-0.05, 0) is 89.5 Å². The molecule has 0 spiro atoms. The van der Waals surface area contributed by atoms with Crippen molar-refractivity contribution in [3.63, 3.8) is 0 Å². The van der Waals surface area contributed by atoms with Gasteiger partial charge in [-0.2, -0.15) is 0 Å². The van der Waals surface area contributed by atoms with E-state index in [1.165, 1.54) is 5.56 Å². The highest BCUT2D eigenvalue weighted by molar-refractivity contribution is 6.49. The molecule has 0 aliphatic rings. The first kappa shape index (κ1) is 27.4. The van der Waals surface area contributed by atoms with Gasteiger partial charge in [-0.25, -0.2) is 0 Å². The summed E-state index contributed by atoms with van der Waals surface area (Å²) >= 11 is 0. The second kappa shape index (κ2) is 9.69. The summed E-state index contributed by atoms with van der Waals surface area (Å²) < 4.78 is 0. The third-order valence-electron chi connectivity index (χ3n) is 7.42. The normalized spacial score (nSPS) is 12.1. The van der Waals surface area contributed by atoms with E-state index < -0.39 is 11.6 Å². The molecular weight excluding hydrogens is 444 g/mol. The largest absolute Gasteiger partial charge is 0.507 e. The first-order valence-corrected chi connectivity index (χ1v) is 12.7. The van der Waals surface area contributed by atoms with E-state index in [9.17, 15) is 14.7 Å². The van der Waals surface area contributed by atoms with Gasteiger partial charge in [-0.15, -0.1) is 0 Å². The Morgan fingerprint density at radius 3 is 1.56 bits per heavy atom. The lowest BCUT2D eigenvalue weighted by Crippen LogP contribution is -2.20. The van der Waals surface area contributed by atoms with Crippen LogP contribution < -0.4 is 0 Å². The van der Waals surface area contributed by atoms with Crippen LogP contribution in [0, 0.1) is 27.7 Å². The van der Waals surface area contributed by atoms with Crippen molar-refractivity contribution in [2.75, 3.05) is 0 Å². The van der Waals surface area contributed by atoms with Gasteiger partial charge in [0.15, 0.2) is 0 Å². The Bertz CT molecular complexity index is 1270. The van der Waals surface area contributed by atoms with E-state index in [0.717, 1.165) is 38.9 Å². The number of aromatic hydroxyl groups is 1. The van der Waals surface area contributed by atoms with Crippen LogP contribution in [0.5, 0.6) is 5.75 Å². The van der Waals surface area contributed by atoms with Crippen molar-refractivity contribution in [3.05, 3.63) is 98.1 Å². The molecule has 36 heavy (non-hydrogen) atoms. The Morgan fingerprint density at radius 2 is 1.14 bits per heavy atom. The van der Waals surface area contributed by atoms with E-state index >= 15 is 0 Å². The second-order valence-electron chi connectivity index (χ2n) is 12.1. The van der Waals surface area contributed by atoms with Crippen LogP contribution in [-0.2, 0) is 17.3 Å². The van der Waals surface area contributed by atoms with E-state index in [2.05, 4.69) is 53.7 Å². The quantitative estimate of drug-likeness (QED) is 0.296. The zero-order chi connectivity index (χ0) is 27.2. The molecule has 0 heterocycles. The predicted molar refractivity (Wildman–Crippen MR) is 149 cm³/mol. The molecule has 3 nitrogen and oxygen atoms in total. The lowest BCUT2D eigenvalue weighted by molar-refractivity contribution is 0.0816. The van der Waals surface area contributed by atoms with Gasteiger partial charge in [0, 0.05) is 11.1 Å². The van der Waals surface area contributed by atoms with Crippen LogP contribution in [0.1, 0.15) is 107 Å². The zero-order valence-electron chi connectivity index (χ0n) is 23.5. The fraction of sp³-hybridized carbons (Fsp3) is 0.394. The molecular formula is C33H40O3. The van der Waals surface area contributed by atoms with E-state index in [-0.39, 0.29) is 10.8 Å². The summed E-state index contributed by atoms with van der Waals surface area (Å²) in [5.41, 5.74) is 8.47. The van der Waals surface area contributed by atoms with Crippen LogP contribution in [0.15, 0.2) is 42.5 Å². The highest BCUT2D eigenvalue weighted by Gasteiger charge is 2.28. The number of benzene rings is 3. The van der Waals surface area contributed by atoms with E-state index in [0.29, 0.717) is 23.3 Å². The van der Waals surface area contributed by atoms with Gasteiger partial charge in [0.2, 0.25) is 11.6 Å². The molecule has 0 aliphatic carbocycles. The minimum atomic E-state index is -0.475. The Balaban J connectivity index is 2.14. The minimum absolute atomic E-state index is 0.204. The number of carbonyl (C=O) groups is 2. The highest BCUT2D eigenvalue weighted by atomic mass is 16.3. The van der Waals surface area contributed by atoms with Crippen LogP contribution in [0.3, 0.4) is 0 Å². The second-order valence-corrected chi connectivity index (χ2v) is 12.1. The summed E-state index contributed by atoms with van der Waals surface area (Å²) in [7, 11) is 0. The summed E-state index contributed by atoms with van der Waals surface area (Å²) in [6.07, 6.45) is 0.687. The van der Waals surface area contributed by atoms with Crippen molar-refractivity contribution < 1.29 is 14.7 Å². The lowest BCUT2D eigenvalue weighted by Gasteiger charge is -2.29. The summed E-state index contributed by atoms with van der Waals surface area (Å²) in [5.74, 6) is -0.555. The van der Waals surface area contributed by atoms with Crippen molar-refractivity contribution in [2.24, 2.45) is 0 Å². The standard InChI is InChI=1S/C33H40O3/c1-19-21(3)28(31(36)29(34)24-14-12-11-13-15-24)22(4)20(2)25(19)16-23-17-26(32(5,6)7)30(35)27(18-23)33(8,9)10/h11-15,17-18,35H,16H2,1-10H3. The van der Waals surface area contributed by atoms with Crippen LogP contribution in [0.4, 0.5) is 0 Å². The molecule has 0 saturated heterocycles. The molecule has 3 rings (SSSR count). The third kappa shape index (κ3) is 5.16. The molecule has 1 N–H and O–H groups in total. The molecule has 3 aromatic rings. The summed E-state index contributed by atoms with van der Waals surface area (Å²) in [6.45, 7) is 20.7. The van der Waals surface area contributed by atoms with Crippen molar-refractivity contribution in [1.82, 2.24) is 0 Å². The maximum atomic E-state index is 13.3. The number of carbonyl (C=O) groups excluding carboxylic acids is 2. The van der Waals surface area contributed by atoms with Gasteiger partial charge < -0.3 is 5.11 Å². The monoisotopic (exact) mass is 484 g/mol. The SMILES string of the molecule is Cc1c(C)c(C(=O)C(=O)c2ccccc2)c(C)c(C)c1Cc1cc(C(C)(C)C)c(O)c(C(C)(C)C)c1. The molecule has 190 valence electrons. The molecule has 0 aliphatic heterocycles. The Kier molecular flexibility index (Phi) is 7.37. The maximum Gasteiger partial charge on any atom is 0.234 e. The number of rotatable bonds is 5. The highest BCUT2D eigenvalue weighted by Crippen LogP contribution is 2.41. The van der Waals surface area contributed by atoms with Crippen molar-refractivity contribution in [2.45, 2.75) is 86.5 Å². The number of hydrogen-bond donors (Lipinski definition) is 1. The van der Waals surface area contributed by atoms with Gasteiger partial charge in [0.05, 0.1) is 0 Å². The average molecular weight is 485 g/mol. The van der Waals surface area contributed by atoms with Gasteiger partial charge in [-0.1, -0.05) is 84.0 Å². The van der Waals surface area contributed by atoms with Crippen LogP contribution in [-0.4, -0.2) is 16.7 Å². The first-order chi connectivity index (χ1) is 16.6. The Morgan fingerprint density at radius 1 is 0.694 bits per heavy atom. The molecule has 0 aromatic heterocycles. The molecule has 0 radical (unpaired) electrons. The average Bonchev–Trinajstić information content (AvgIpc) is 2.80. The number of phenols is 1. The molecule has 0 amide bonds. The Labute approximate surface area is 216 Å². The van der Waals surface area contributed by atoms with Crippen molar-refractivity contribution >= 4 is 11.6 Å². The molecule has 0 saturated carbocycles. The lowest BCUT2D eigenvalue weighted by atomic mass is 9.77. The van der Waals surface area contributed by atoms with Crippen LogP contribution in [0.25, 0.3) is 0 Å². The molecule has 3 heteroatoms. The molecule has 0 unspecified atom stereocenters. The van der Waals surface area contributed by atoms with Crippen molar-refractivity contribution in [3.8, 4) is 5.75 Å². The third-order valence-corrected chi connectivity index (χ3v) is 7.42. The predicted octanol–water partition coefficient (Wildman–Crippen LogP) is 7.88. The molecule has 0 atom stereocenters. The zero-order valence-corrected chi connectivity index (χ0v) is 23.5. The summed E-state index contributed by atoms with van der Waals surface area (Å²) in [4.78, 5) is 26.3. The summed E-state index contributed by atoms with van der Waals surface area (Å²) in [6, 6.07) is 13.0. The number of ketones is 2. The van der Waals surface area contributed by atoms with E-state index in [1.807, 2.05) is 33.8 Å². The fourth-order valence-electron chi connectivity index (χ4n) is 4.97. The van der Waals surface area contributed by atoms with E-state index in [1.54, 1.807) is 24.3 Å². The molecule has 0 fully saturated rings. The minimum Gasteiger partial charge on any atom is -0.507 e. The van der Waals surface area contributed by atoms with Crippen LogP contribution >= 0.6 is 0 Å². The van der Waals surface area contributed by atoms with Crippen molar-refractivity contribution in [1.29, 1.82) is 0 Å².